The molecule has 2 heteroatoms. The van der Waals surface area contributed by atoms with Crippen molar-refractivity contribution in [3.63, 3.8) is 0 Å². The molecule has 12 heavy (non-hydrogen) atoms. The fraction of sp³-hybridized carbons (Fsp3) is 1.00. The zero-order valence-corrected chi connectivity index (χ0v) is 11.2. The molecule has 0 amide bonds. The number of alkyl halides is 2. The summed E-state index contributed by atoms with van der Waals surface area (Å²) in [6.07, 6.45) is 8.30. The summed E-state index contributed by atoms with van der Waals surface area (Å²) in [6.45, 7) is 2.26. The van der Waals surface area contributed by atoms with Crippen LogP contribution in [0.5, 0.6) is 0 Å². The highest BCUT2D eigenvalue weighted by molar-refractivity contribution is 9.09. The molecule has 0 heterocycles. The Hall–Kier alpha value is 0.960. The predicted molar refractivity (Wildman–Crippen MR) is 64.5 cm³/mol. The lowest BCUT2D eigenvalue weighted by atomic mass is 10.0. The maximum absolute atomic E-state index is 3.57. The first-order chi connectivity index (χ1) is 5.85. The lowest BCUT2D eigenvalue weighted by Crippen LogP contribution is -2.02. The summed E-state index contributed by atoms with van der Waals surface area (Å²) < 4.78 is 0. The molecule has 1 atom stereocenters. The van der Waals surface area contributed by atoms with Gasteiger partial charge in [-0.3, -0.25) is 0 Å². The summed E-state index contributed by atoms with van der Waals surface area (Å²) in [6, 6.07) is 0. The fourth-order valence-electron chi connectivity index (χ4n) is 1.31. The van der Waals surface area contributed by atoms with Crippen molar-refractivity contribution in [2.24, 2.45) is 5.92 Å². The summed E-state index contributed by atoms with van der Waals surface area (Å²) in [5.41, 5.74) is 0. The molecule has 0 N–H and O–H groups in total. The van der Waals surface area contributed by atoms with Gasteiger partial charge in [-0.15, -0.1) is 0 Å². The number of hydrogen-bond donors (Lipinski definition) is 0. The summed E-state index contributed by atoms with van der Waals surface area (Å²) in [5.74, 6) is 0.890. The average molecular weight is 300 g/mol. The van der Waals surface area contributed by atoms with Crippen molar-refractivity contribution < 1.29 is 0 Å². The van der Waals surface area contributed by atoms with Gasteiger partial charge in [0.1, 0.15) is 0 Å². The number of rotatable bonds is 8. The molecular formula is C10H20Br2. The van der Waals surface area contributed by atoms with E-state index in [2.05, 4.69) is 38.8 Å². The molecule has 0 unspecified atom stereocenters. The maximum Gasteiger partial charge on any atom is 0.00599 e. The van der Waals surface area contributed by atoms with Crippen LogP contribution < -0.4 is 0 Å². The first-order valence-electron chi connectivity index (χ1n) is 4.97. The van der Waals surface area contributed by atoms with Crippen LogP contribution in [0.1, 0.15) is 45.4 Å². The molecule has 0 nitrogen and oxygen atoms in total. The summed E-state index contributed by atoms with van der Waals surface area (Å²) in [7, 11) is 0. The zero-order valence-electron chi connectivity index (χ0n) is 7.99. The second-order valence-electron chi connectivity index (χ2n) is 3.35. The fourth-order valence-corrected chi connectivity index (χ4v) is 2.61. The van der Waals surface area contributed by atoms with E-state index in [0.29, 0.717) is 0 Å². The Bertz CT molecular complexity index is 83.9. The van der Waals surface area contributed by atoms with Gasteiger partial charge in [-0.2, -0.15) is 0 Å². The molecule has 74 valence electrons. The predicted octanol–water partition coefficient (Wildman–Crippen LogP) is 4.75. The molecule has 0 radical (unpaired) electrons. The SMILES string of the molecule is CCCCCC[C@H](CBr)CCBr. The monoisotopic (exact) mass is 298 g/mol. The molecule has 0 aromatic rings. The minimum atomic E-state index is 0.890. The van der Waals surface area contributed by atoms with E-state index in [9.17, 15) is 0 Å². The third-order valence-electron chi connectivity index (χ3n) is 2.20. The lowest BCUT2D eigenvalue weighted by molar-refractivity contribution is 0.490. The van der Waals surface area contributed by atoms with Crippen molar-refractivity contribution in [1.82, 2.24) is 0 Å². The molecule has 0 aromatic carbocycles. The maximum atomic E-state index is 3.57. The van der Waals surface area contributed by atoms with E-state index < -0.39 is 0 Å². The van der Waals surface area contributed by atoms with Gasteiger partial charge in [0.2, 0.25) is 0 Å². The highest BCUT2D eigenvalue weighted by Crippen LogP contribution is 2.17. The Balaban J connectivity index is 3.19. The highest BCUT2D eigenvalue weighted by Gasteiger charge is 2.04. The van der Waals surface area contributed by atoms with Crippen LogP contribution in [-0.2, 0) is 0 Å². The van der Waals surface area contributed by atoms with E-state index in [4.69, 9.17) is 0 Å². The van der Waals surface area contributed by atoms with Crippen molar-refractivity contribution in [3.8, 4) is 0 Å². The molecule has 0 aromatic heterocycles. The van der Waals surface area contributed by atoms with Crippen LogP contribution in [0.25, 0.3) is 0 Å². The third-order valence-corrected chi connectivity index (χ3v) is 3.58. The van der Waals surface area contributed by atoms with Gasteiger partial charge in [-0.1, -0.05) is 64.5 Å². The van der Waals surface area contributed by atoms with Crippen LogP contribution >= 0.6 is 31.9 Å². The van der Waals surface area contributed by atoms with E-state index in [1.54, 1.807) is 0 Å². The van der Waals surface area contributed by atoms with Crippen molar-refractivity contribution >= 4 is 31.9 Å². The molecule has 0 fully saturated rings. The molecule has 0 bridgehead atoms. The van der Waals surface area contributed by atoms with Crippen LogP contribution in [0, 0.1) is 5.92 Å². The Kier molecular flexibility index (Phi) is 10.8. The third kappa shape index (κ3) is 7.60. The Morgan fingerprint density at radius 3 is 2.25 bits per heavy atom. The van der Waals surface area contributed by atoms with E-state index in [-0.39, 0.29) is 0 Å². The Morgan fingerprint density at radius 2 is 1.75 bits per heavy atom. The van der Waals surface area contributed by atoms with Crippen LogP contribution in [0.4, 0.5) is 0 Å². The van der Waals surface area contributed by atoms with Crippen LogP contribution in [0.3, 0.4) is 0 Å². The topological polar surface area (TPSA) is 0 Å². The molecule has 0 aliphatic rings. The molecule has 0 aliphatic heterocycles. The van der Waals surface area contributed by atoms with Gasteiger partial charge in [0.25, 0.3) is 0 Å². The smallest absolute Gasteiger partial charge is 0.00599 e. The van der Waals surface area contributed by atoms with Crippen molar-refractivity contribution in [1.29, 1.82) is 0 Å². The second-order valence-corrected chi connectivity index (χ2v) is 4.79. The van der Waals surface area contributed by atoms with Crippen molar-refractivity contribution in [3.05, 3.63) is 0 Å². The molecule has 0 aliphatic carbocycles. The van der Waals surface area contributed by atoms with Crippen LogP contribution in [0.15, 0.2) is 0 Å². The van der Waals surface area contributed by atoms with Gasteiger partial charge in [0, 0.05) is 10.7 Å². The Morgan fingerprint density at radius 1 is 1.00 bits per heavy atom. The summed E-state index contributed by atoms with van der Waals surface area (Å²) in [5, 5.41) is 2.32. The first kappa shape index (κ1) is 13.0. The van der Waals surface area contributed by atoms with E-state index >= 15 is 0 Å². The first-order valence-corrected chi connectivity index (χ1v) is 7.21. The zero-order chi connectivity index (χ0) is 9.23. The summed E-state index contributed by atoms with van der Waals surface area (Å²) in [4.78, 5) is 0. The normalized spacial score (nSPS) is 13.2. The van der Waals surface area contributed by atoms with Gasteiger partial charge in [0.05, 0.1) is 0 Å². The minimum absolute atomic E-state index is 0.890. The largest absolute Gasteiger partial charge is 0.0928 e. The highest BCUT2D eigenvalue weighted by atomic mass is 79.9. The van der Waals surface area contributed by atoms with E-state index in [0.717, 1.165) is 11.2 Å². The molecular weight excluding hydrogens is 280 g/mol. The van der Waals surface area contributed by atoms with Gasteiger partial charge in [-0.25, -0.2) is 0 Å². The Labute approximate surface area is 93.8 Å². The molecule has 0 saturated heterocycles. The standard InChI is InChI=1S/C10H20Br2/c1-2-3-4-5-6-10(9-12)7-8-11/h10H,2-9H2,1H3/t10-/m0/s1. The van der Waals surface area contributed by atoms with E-state index in [1.165, 1.54) is 43.9 Å². The second kappa shape index (κ2) is 10.0. The molecule has 0 saturated carbocycles. The van der Waals surface area contributed by atoms with Gasteiger partial charge >= 0.3 is 0 Å². The summed E-state index contributed by atoms with van der Waals surface area (Å²) >= 11 is 7.06. The number of halogens is 2. The van der Waals surface area contributed by atoms with Crippen LogP contribution in [0.2, 0.25) is 0 Å². The van der Waals surface area contributed by atoms with Crippen molar-refractivity contribution in [2.45, 2.75) is 45.4 Å². The number of unbranched alkanes of at least 4 members (excludes halogenated alkanes) is 3. The average Bonchev–Trinajstić information content (AvgIpc) is 2.10. The van der Waals surface area contributed by atoms with E-state index in [1.807, 2.05) is 0 Å². The number of hydrogen-bond acceptors (Lipinski definition) is 0. The van der Waals surface area contributed by atoms with Gasteiger partial charge in [0.15, 0.2) is 0 Å². The molecule has 0 spiro atoms. The lowest BCUT2D eigenvalue weighted by Gasteiger charge is -2.11. The van der Waals surface area contributed by atoms with Crippen LogP contribution in [-0.4, -0.2) is 10.7 Å². The quantitative estimate of drug-likeness (QED) is 0.448. The minimum Gasteiger partial charge on any atom is -0.0928 e. The van der Waals surface area contributed by atoms with Gasteiger partial charge in [-0.05, 0) is 18.8 Å². The molecule has 0 rings (SSSR count). The van der Waals surface area contributed by atoms with Crippen molar-refractivity contribution in [2.75, 3.05) is 10.7 Å². The van der Waals surface area contributed by atoms with Gasteiger partial charge < -0.3 is 0 Å².